The van der Waals surface area contributed by atoms with Crippen molar-refractivity contribution in [2.75, 3.05) is 5.43 Å². The minimum atomic E-state index is -0.394. The van der Waals surface area contributed by atoms with Gasteiger partial charge in [0, 0.05) is 5.56 Å². The lowest BCUT2D eigenvalue weighted by atomic mass is 10.1. The van der Waals surface area contributed by atoms with Crippen molar-refractivity contribution in [1.82, 2.24) is 20.2 Å². The Morgan fingerprint density at radius 3 is 2.86 bits per heavy atom. The molecule has 0 atom stereocenters. The summed E-state index contributed by atoms with van der Waals surface area (Å²) in [6, 6.07) is 7.25. The number of hydrogen-bond acceptors (Lipinski definition) is 7. The standard InChI is InChI=1S/C12H13N9/c1-7-3-4-8(12-18-20-21(2)19-12)5-9(7)16-17-10(6-13)11(14)15/h3-5,16H,1-2H3,(H3,14,15)/b17-10+. The molecule has 0 unspecified atom stereocenters. The van der Waals surface area contributed by atoms with Crippen molar-refractivity contribution in [3.63, 3.8) is 0 Å². The number of amidine groups is 1. The van der Waals surface area contributed by atoms with Crippen LogP contribution in [0, 0.1) is 23.7 Å². The van der Waals surface area contributed by atoms with Crippen LogP contribution in [-0.4, -0.2) is 31.8 Å². The second-order valence-corrected chi connectivity index (χ2v) is 4.23. The van der Waals surface area contributed by atoms with Gasteiger partial charge < -0.3 is 5.73 Å². The fourth-order valence-electron chi connectivity index (χ4n) is 1.54. The van der Waals surface area contributed by atoms with Crippen LogP contribution in [0.2, 0.25) is 0 Å². The lowest BCUT2D eigenvalue weighted by molar-refractivity contribution is 0.630. The Labute approximate surface area is 120 Å². The lowest BCUT2D eigenvalue weighted by Crippen LogP contribution is -2.21. The zero-order chi connectivity index (χ0) is 15.4. The van der Waals surface area contributed by atoms with Gasteiger partial charge in [-0.2, -0.15) is 15.2 Å². The molecule has 9 heteroatoms. The van der Waals surface area contributed by atoms with Crippen molar-refractivity contribution in [1.29, 1.82) is 10.7 Å². The van der Waals surface area contributed by atoms with E-state index < -0.39 is 5.84 Å². The van der Waals surface area contributed by atoms with E-state index in [9.17, 15) is 0 Å². The van der Waals surface area contributed by atoms with E-state index in [4.69, 9.17) is 16.4 Å². The molecule has 2 rings (SSSR count). The SMILES string of the molecule is Cc1ccc(-c2nnn(C)n2)cc1N/N=C(\C#N)C(=N)N. The summed E-state index contributed by atoms with van der Waals surface area (Å²) >= 11 is 0. The largest absolute Gasteiger partial charge is 0.382 e. The zero-order valence-corrected chi connectivity index (χ0v) is 11.5. The van der Waals surface area contributed by atoms with Crippen molar-refractivity contribution in [3.8, 4) is 17.5 Å². The minimum Gasteiger partial charge on any atom is -0.382 e. The molecule has 9 nitrogen and oxygen atoms in total. The zero-order valence-electron chi connectivity index (χ0n) is 11.5. The molecule has 2 aromatic rings. The number of hydrogen-bond donors (Lipinski definition) is 3. The molecule has 0 spiro atoms. The Morgan fingerprint density at radius 2 is 2.29 bits per heavy atom. The molecule has 0 fully saturated rings. The molecule has 0 radical (unpaired) electrons. The molecule has 21 heavy (non-hydrogen) atoms. The van der Waals surface area contributed by atoms with Crippen LogP contribution >= 0.6 is 0 Å². The maximum absolute atomic E-state index is 8.81. The summed E-state index contributed by atoms with van der Waals surface area (Å²) in [5.41, 5.74) is 10.1. The summed E-state index contributed by atoms with van der Waals surface area (Å²) in [7, 11) is 1.68. The number of aryl methyl sites for hydroxylation is 2. The molecule has 0 bridgehead atoms. The van der Waals surface area contributed by atoms with Gasteiger partial charge in [-0.3, -0.25) is 10.8 Å². The van der Waals surface area contributed by atoms with E-state index in [-0.39, 0.29) is 5.71 Å². The Bertz CT molecular complexity index is 750. The predicted molar refractivity (Wildman–Crippen MR) is 77.6 cm³/mol. The van der Waals surface area contributed by atoms with Crippen LogP contribution in [0.4, 0.5) is 5.69 Å². The third kappa shape index (κ3) is 3.19. The summed E-state index contributed by atoms with van der Waals surface area (Å²) in [5.74, 6) is 0.0889. The van der Waals surface area contributed by atoms with Crippen molar-refractivity contribution in [2.45, 2.75) is 6.92 Å². The van der Waals surface area contributed by atoms with Crippen molar-refractivity contribution in [2.24, 2.45) is 17.9 Å². The highest BCUT2D eigenvalue weighted by Crippen LogP contribution is 2.22. The topological polar surface area (TPSA) is 142 Å². The van der Waals surface area contributed by atoms with Crippen LogP contribution in [0.5, 0.6) is 0 Å². The average molecular weight is 283 g/mol. The molecule has 0 aliphatic heterocycles. The van der Waals surface area contributed by atoms with E-state index >= 15 is 0 Å². The smallest absolute Gasteiger partial charge is 0.204 e. The van der Waals surface area contributed by atoms with Gasteiger partial charge in [0.25, 0.3) is 0 Å². The van der Waals surface area contributed by atoms with E-state index in [2.05, 4.69) is 25.9 Å². The molecule has 0 aliphatic carbocycles. The van der Waals surface area contributed by atoms with Gasteiger partial charge >= 0.3 is 0 Å². The van der Waals surface area contributed by atoms with E-state index in [0.717, 1.165) is 11.1 Å². The van der Waals surface area contributed by atoms with Crippen LogP contribution in [0.15, 0.2) is 23.3 Å². The first-order valence-corrected chi connectivity index (χ1v) is 5.94. The van der Waals surface area contributed by atoms with E-state index in [1.54, 1.807) is 19.2 Å². The number of nitrogens with two attached hydrogens (primary N) is 1. The molecule has 0 aliphatic rings. The molecule has 0 amide bonds. The Balaban J connectivity index is 2.32. The van der Waals surface area contributed by atoms with Crippen LogP contribution in [-0.2, 0) is 7.05 Å². The third-order valence-electron chi connectivity index (χ3n) is 2.65. The van der Waals surface area contributed by atoms with Gasteiger partial charge in [-0.05, 0) is 23.8 Å². The number of hydrazone groups is 1. The first-order chi connectivity index (χ1) is 10.0. The van der Waals surface area contributed by atoms with Crippen molar-refractivity contribution in [3.05, 3.63) is 23.8 Å². The summed E-state index contributed by atoms with van der Waals surface area (Å²) in [4.78, 5) is 1.37. The minimum absolute atomic E-state index is 0.183. The summed E-state index contributed by atoms with van der Waals surface area (Å²) < 4.78 is 0. The fraction of sp³-hybridized carbons (Fsp3) is 0.167. The highest BCUT2D eigenvalue weighted by molar-refractivity contribution is 6.45. The van der Waals surface area contributed by atoms with Gasteiger partial charge in [0.05, 0.1) is 12.7 Å². The van der Waals surface area contributed by atoms with E-state index in [1.165, 1.54) is 4.80 Å². The Kier molecular flexibility index (Phi) is 3.90. The van der Waals surface area contributed by atoms with Crippen LogP contribution in [0.25, 0.3) is 11.4 Å². The average Bonchev–Trinajstić information content (AvgIpc) is 2.87. The summed E-state index contributed by atoms with van der Waals surface area (Å²) in [6.07, 6.45) is 0. The Morgan fingerprint density at radius 1 is 1.52 bits per heavy atom. The van der Waals surface area contributed by atoms with Gasteiger partial charge in [-0.15, -0.1) is 10.2 Å². The number of aromatic nitrogens is 4. The number of rotatable bonds is 4. The molecule has 106 valence electrons. The molecule has 1 aromatic carbocycles. The van der Waals surface area contributed by atoms with Crippen molar-refractivity contribution < 1.29 is 0 Å². The number of anilines is 1. The fourth-order valence-corrected chi connectivity index (χ4v) is 1.54. The van der Waals surface area contributed by atoms with Gasteiger partial charge in [0.2, 0.25) is 11.5 Å². The highest BCUT2D eigenvalue weighted by atomic mass is 15.6. The lowest BCUT2D eigenvalue weighted by Gasteiger charge is -2.06. The first-order valence-electron chi connectivity index (χ1n) is 5.94. The summed E-state index contributed by atoms with van der Waals surface area (Å²) in [5, 5.41) is 31.6. The molecule has 0 saturated heterocycles. The predicted octanol–water partition coefficient (Wildman–Crippen LogP) is 0.413. The molecule has 1 heterocycles. The number of nitriles is 1. The van der Waals surface area contributed by atoms with Crippen LogP contribution < -0.4 is 11.2 Å². The number of benzene rings is 1. The monoisotopic (exact) mass is 283 g/mol. The number of nitrogens with one attached hydrogen (secondary N) is 2. The van der Waals surface area contributed by atoms with E-state index in [1.807, 2.05) is 19.1 Å². The molecular weight excluding hydrogens is 270 g/mol. The van der Waals surface area contributed by atoms with Crippen LogP contribution in [0.3, 0.4) is 0 Å². The Hall–Kier alpha value is -3.28. The van der Waals surface area contributed by atoms with Gasteiger partial charge in [-0.25, -0.2) is 0 Å². The number of tetrazole rings is 1. The molecular formula is C12H13N9. The van der Waals surface area contributed by atoms with E-state index in [0.29, 0.717) is 11.5 Å². The second-order valence-electron chi connectivity index (χ2n) is 4.23. The maximum atomic E-state index is 8.81. The molecule has 4 N–H and O–H groups in total. The van der Waals surface area contributed by atoms with Crippen molar-refractivity contribution >= 4 is 17.2 Å². The summed E-state index contributed by atoms with van der Waals surface area (Å²) in [6.45, 7) is 1.88. The van der Waals surface area contributed by atoms with Crippen LogP contribution in [0.1, 0.15) is 5.56 Å². The second kappa shape index (κ2) is 5.79. The number of nitrogens with zero attached hydrogens (tertiary/aromatic N) is 6. The normalized spacial score (nSPS) is 11.0. The van der Waals surface area contributed by atoms with Gasteiger partial charge in [0.15, 0.2) is 5.84 Å². The third-order valence-corrected chi connectivity index (χ3v) is 2.65. The highest BCUT2D eigenvalue weighted by Gasteiger charge is 2.08. The quantitative estimate of drug-likeness (QED) is 0.421. The van der Waals surface area contributed by atoms with Gasteiger partial charge in [-0.1, -0.05) is 12.1 Å². The molecule has 0 saturated carbocycles. The molecule has 1 aromatic heterocycles. The first kappa shape index (κ1) is 14.1. The maximum Gasteiger partial charge on any atom is 0.204 e. The van der Waals surface area contributed by atoms with Gasteiger partial charge in [0.1, 0.15) is 6.07 Å².